The summed E-state index contributed by atoms with van der Waals surface area (Å²) in [5, 5.41) is 10.7. The molecule has 0 spiro atoms. The van der Waals surface area contributed by atoms with Gasteiger partial charge in [-0.15, -0.1) is 0 Å². The normalized spacial score (nSPS) is 24.1. The van der Waals surface area contributed by atoms with E-state index in [9.17, 15) is 19.1 Å². The van der Waals surface area contributed by atoms with Crippen molar-refractivity contribution in [2.75, 3.05) is 39.3 Å². The molecule has 0 saturated carbocycles. The first-order chi connectivity index (χ1) is 14.8. The number of hydrogen-bond acceptors (Lipinski definition) is 4. The van der Waals surface area contributed by atoms with E-state index in [1.54, 1.807) is 34.1 Å². The standard InChI is InChI=1S/C23H25ClFN3O3/c1-23(15-29)14-27(22(31)16-2-6-18(24)7-3-16)13-20-12-26(10-11-28(20)23)21(30)17-4-8-19(25)9-5-17/h2-9,20,29H,10-15H2,1H3. The summed E-state index contributed by atoms with van der Waals surface area (Å²) in [6.45, 7) is 4.22. The van der Waals surface area contributed by atoms with Crippen LogP contribution in [0, 0.1) is 5.82 Å². The molecule has 8 heteroatoms. The van der Waals surface area contributed by atoms with Gasteiger partial charge >= 0.3 is 0 Å². The molecule has 1 N–H and O–H groups in total. The molecular weight excluding hydrogens is 421 g/mol. The lowest BCUT2D eigenvalue weighted by Crippen LogP contribution is -2.72. The Balaban J connectivity index is 1.54. The Labute approximate surface area is 185 Å². The lowest BCUT2D eigenvalue weighted by Gasteiger charge is -2.56. The van der Waals surface area contributed by atoms with Gasteiger partial charge in [0, 0.05) is 54.9 Å². The number of hydrogen-bond donors (Lipinski definition) is 1. The number of fused-ring (bicyclic) bond motifs is 1. The molecule has 2 fully saturated rings. The molecule has 164 valence electrons. The Bertz CT molecular complexity index is 967. The van der Waals surface area contributed by atoms with Crippen molar-refractivity contribution in [3.05, 3.63) is 70.5 Å². The highest BCUT2D eigenvalue weighted by Gasteiger charge is 2.46. The Morgan fingerprint density at radius 1 is 1.00 bits per heavy atom. The molecule has 0 aromatic heterocycles. The zero-order valence-electron chi connectivity index (χ0n) is 17.3. The minimum atomic E-state index is -0.601. The van der Waals surface area contributed by atoms with E-state index < -0.39 is 5.54 Å². The topological polar surface area (TPSA) is 64.1 Å². The molecule has 31 heavy (non-hydrogen) atoms. The number of carbonyl (C=O) groups excluding carboxylic acids is 2. The lowest BCUT2D eigenvalue weighted by atomic mass is 9.91. The highest BCUT2D eigenvalue weighted by atomic mass is 35.5. The van der Waals surface area contributed by atoms with Crippen molar-refractivity contribution < 1.29 is 19.1 Å². The van der Waals surface area contributed by atoms with Crippen LogP contribution in [0.4, 0.5) is 4.39 Å². The molecule has 6 nitrogen and oxygen atoms in total. The minimum Gasteiger partial charge on any atom is -0.394 e. The number of piperazine rings is 2. The van der Waals surface area contributed by atoms with E-state index >= 15 is 0 Å². The van der Waals surface area contributed by atoms with Gasteiger partial charge < -0.3 is 14.9 Å². The lowest BCUT2D eigenvalue weighted by molar-refractivity contribution is -0.0783. The third-order valence-corrected chi connectivity index (χ3v) is 6.49. The molecule has 2 aromatic carbocycles. The Kier molecular flexibility index (Phi) is 6.01. The summed E-state index contributed by atoms with van der Waals surface area (Å²) in [4.78, 5) is 31.7. The number of amides is 2. The number of rotatable bonds is 3. The number of aliphatic hydroxyl groups excluding tert-OH is 1. The summed E-state index contributed by atoms with van der Waals surface area (Å²) < 4.78 is 13.2. The molecule has 2 amide bonds. The second kappa shape index (κ2) is 8.57. The maximum atomic E-state index is 13.2. The van der Waals surface area contributed by atoms with Gasteiger partial charge in [0.15, 0.2) is 0 Å². The summed E-state index contributed by atoms with van der Waals surface area (Å²) in [6.07, 6.45) is 0. The predicted octanol–water partition coefficient (Wildman–Crippen LogP) is 2.51. The van der Waals surface area contributed by atoms with Gasteiger partial charge in [-0.1, -0.05) is 11.6 Å². The van der Waals surface area contributed by atoms with Crippen LogP contribution in [-0.4, -0.2) is 82.5 Å². The fourth-order valence-corrected chi connectivity index (χ4v) is 4.70. The van der Waals surface area contributed by atoms with Gasteiger partial charge in [-0.3, -0.25) is 14.5 Å². The van der Waals surface area contributed by atoms with E-state index in [-0.39, 0.29) is 30.3 Å². The third-order valence-electron chi connectivity index (χ3n) is 6.24. The maximum absolute atomic E-state index is 13.2. The zero-order chi connectivity index (χ0) is 22.2. The fraction of sp³-hybridized carbons (Fsp3) is 0.391. The van der Waals surface area contributed by atoms with E-state index in [1.807, 2.05) is 6.92 Å². The summed E-state index contributed by atoms with van der Waals surface area (Å²) in [7, 11) is 0. The van der Waals surface area contributed by atoms with Crippen LogP contribution in [0.5, 0.6) is 0 Å². The van der Waals surface area contributed by atoms with Gasteiger partial charge in [-0.25, -0.2) is 4.39 Å². The second-order valence-corrected chi connectivity index (χ2v) is 8.89. The first-order valence-corrected chi connectivity index (χ1v) is 10.7. The molecule has 2 heterocycles. The van der Waals surface area contributed by atoms with Crippen molar-refractivity contribution in [2.45, 2.75) is 18.5 Å². The van der Waals surface area contributed by atoms with Crippen molar-refractivity contribution in [3.8, 4) is 0 Å². The molecule has 0 radical (unpaired) electrons. The van der Waals surface area contributed by atoms with Gasteiger partial charge in [0.1, 0.15) is 5.82 Å². The average Bonchev–Trinajstić information content (AvgIpc) is 2.78. The highest BCUT2D eigenvalue weighted by molar-refractivity contribution is 6.30. The molecule has 2 aliphatic rings. The largest absolute Gasteiger partial charge is 0.394 e. The van der Waals surface area contributed by atoms with Crippen molar-refractivity contribution in [1.82, 2.24) is 14.7 Å². The van der Waals surface area contributed by atoms with Gasteiger partial charge in [0.05, 0.1) is 12.1 Å². The molecule has 2 aromatic rings. The van der Waals surface area contributed by atoms with Gasteiger partial charge in [0.2, 0.25) is 0 Å². The SMILES string of the molecule is CC1(CO)CN(C(=O)c2ccc(Cl)cc2)CC2CN(C(=O)c3ccc(F)cc3)CCN21. The van der Waals surface area contributed by atoms with Gasteiger partial charge in [-0.05, 0) is 55.5 Å². The van der Waals surface area contributed by atoms with E-state index in [0.717, 1.165) is 0 Å². The number of benzene rings is 2. The average molecular weight is 446 g/mol. The van der Waals surface area contributed by atoms with E-state index in [1.165, 1.54) is 24.3 Å². The number of nitrogens with zero attached hydrogens (tertiary/aromatic N) is 3. The number of carbonyl (C=O) groups is 2. The van der Waals surface area contributed by atoms with E-state index in [4.69, 9.17) is 11.6 Å². The first-order valence-electron chi connectivity index (χ1n) is 10.3. The summed E-state index contributed by atoms with van der Waals surface area (Å²) in [6, 6.07) is 12.2. The van der Waals surface area contributed by atoms with Crippen molar-refractivity contribution >= 4 is 23.4 Å². The van der Waals surface area contributed by atoms with Crippen LogP contribution in [0.3, 0.4) is 0 Å². The van der Waals surface area contributed by atoms with Crippen molar-refractivity contribution in [2.24, 2.45) is 0 Å². The molecule has 2 saturated heterocycles. The summed E-state index contributed by atoms with van der Waals surface area (Å²) in [5.74, 6) is -0.673. The van der Waals surface area contributed by atoms with Crippen LogP contribution in [0.2, 0.25) is 5.02 Å². The summed E-state index contributed by atoms with van der Waals surface area (Å²) in [5.41, 5.74) is 0.369. The minimum absolute atomic E-state index is 0.0974. The molecule has 2 unspecified atom stereocenters. The molecule has 2 atom stereocenters. The monoisotopic (exact) mass is 445 g/mol. The molecular formula is C23H25ClFN3O3. The summed E-state index contributed by atoms with van der Waals surface area (Å²) >= 11 is 5.94. The van der Waals surface area contributed by atoms with Crippen LogP contribution in [0.15, 0.2) is 48.5 Å². The van der Waals surface area contributed by atoms with Crippen LogP contribution < -0.4 is 0 Å². The third kappa shape index (κ3) is 4.31. The second-order valence-electron chi connectivity index (χ2n) is 8.45. The predicted molar refractivity (Wildman–Crippen MR) is 116 cm³/mol. The van der Waals surface area contributed by atoms with E-state index in [0.29, 0.717) is 48.9 Å². The van der Waals surface area contributed by atoms with Crippen molar-refractivity contribution in [3.63, 3.8) is 0 Å². The smallest absolute Gasteiger partial charge is 0.253 e. The van der Waals surface area contributed by atoms with Crippen LogP contribution in [0.1, 0.15) is 27.6 Å². The van der Waals surface area contributed by atoms with Gasteiger partial charge in [0.25, 0.3) is 11.8 Å². The van der Waals surface area contributed by atoms with Crippen LogP contribution in [-0.2, 0) is 0 Å². The zero-order valence-corrected chi connectivity index (χ0v) is 18.1. The quantitative estimate of drug-likeness (QED) is 0.788. The molecule has 2 aliphatic heterocycles. The number of aliphatic hydroxyl groups is 1. The fourth-order valence-electron chi connectivity index (χ4n) is 4.57. The highest BCUT2D eigenvalue weighted by Crippen LogP contribution is 2.30. The Hall–Kier alpha value is -2.48. The molecule has 0 bridgehead atoms. The molecule has 0 aliphatic carbocycles. The van der Waals surface area contributed by atoms with Crippen LogP contribution in [0.25, 0.3) is 0 Å². The van der Waals surface area contributed by atoms with Gasteiger partial charge in [-0.2, -0.15) is 0 Å². The number of halogens is 2. The Morgan fingerprint density at radius 3 is 2.16 bits per heavy atom. The molecule has 4 rings (SSSR count). The Morgan fingerprint density at radius 2 is 1.55 bits per heavy atom. The van der Waals surface area contributed by atoms with Crippen LogP contribution >= 0.6 is 11.6 Å². The maximum Gasteiger partial charge on any atom is 0.253 e. The first kappa shape index (κ1) is 21.7. The van der Waals surface area contributed by atoms with E-state index in [2.05, 4.69) is 4.90 Å². The van der Waals surface area contributed by atoms with Crippen molar-refractivity contribution in [1.29, 1.82) is 0 Å².